The standard InChI is InChI=1S/C10H13N3O/c1-7-10(11)12-13(7)8-4-2-3-5-9(14)6-8/h2-6,9,12,14H,11H2,1H3. The predicted octanol–water partition coefficient (Wildman–Crippen LogP) is 1.03. The van der Waals surface area contributed by atoms with E-state index in [1.165, 1.54) is 0 Å². The maximum absolute atomic E-state index is 9.48. The summed E-state index contributed by atoms with van der Waals surface area (Å²) >= 11 is 0. The van der Waals surface area contributed by atoms with Crippen molar-refractivity contribution in [2.45, 2.75) is 13.0 Å². The summed E-state index contributed by atoms with van der Waals surface area (Å²) in [6.45, 7) is 1.92. The van der Waals surface area contributed by atoms with Crippen LogP contribution in [0, 0.1) is 6.92 Å². The molecule has 0 aromatic carbocycles. The zero-order valence-electron chi connectivity index (χ0n) is 7.94. The summed E-state index contributed by atoms with van der Waals surface area (Å²) in [7, 11) is 0. The second-order valence-electron chi connectivity index (χ2n) is 3.27. The van der Waals surface area contributed by atoms with Crippen LogP contribution in [0.3, 0.4) is 0 Å². The SMILES string of the molecule is Cc1c(N)[nH]n1C1=CC(O)C=CC=C1. The third-order valence-electron chi connectivity index (χ3n) is 2.24. The van der Waals surface area contributed by atoms with Gasteiger partial charge in [0.1, 0.15) is 5.82 Å². The average molecular weight is 191 g/mol. The van der Waals surface area contributed by atoms with E-state index >= 15 is 0 Å². The predicted molar refractivity (Wildman–Crippen MR) is 56.5 cm³/mol. The summed E-state index contributed by atoms with van der Waals surface area (Å²) in [6, 6.07) is 0. The summed E-state index contributed by atoms with van der Waals surface area (Å²) in [5.41, 5.74) is 7.46. The summed E-state index contributed by atoms with van der Waals surface area (Å²) in [5, 5.41) is 12.4. The van der Waals surface area contributed by atoms with Crippen molar-refractivity contribution < 1.29 is 5.11 Å². The highest BCUT2D eigenvalue weighted by molar-refractivity contribution is 5.62. The topological polar surface area (TPSA) is 67.0 Å². The Morgan fingerprint density at radius 3 is 2.93 bits per heavy atom. The minimum Gasteiger partial charge on any atom is -0.385 e. The highest BCUT2D eigenvalue weighted by Gasteiger charge is 2.10. The van der Waals surface area contributed by atoms with Crippen LogP contribution in [-0.2, 0) is 0 Å². The average Bonchev–Trinajstić information content (AvgIpc) is 2.38. The van der Waals surface area contributed by atoms with Crippen molar-refractivity contribution in [2.24, 2.45) is 0 Å². The highest BCUT2D eigenvalue weighted by Crippen LogP contribution is 2.19. The van der Waals surface area contributed by atoms with Gasteiger partial charge in [-0.25, -0.2) is 0 Å². The fraction of sp³-hybridized carbons (Fsp3) is 0.200. The van der Waals surface area contributed by atoms with E-state index < -0.39 is 6.10 Å². The summed E-state index contributed by atoms with van der Waals surface area (Å²) in [6.07, 6.45) is 8.53. The minimum atomic E-state index is -0.545. The van der Waals surface area contributed by atoms with Crippen LogP contribution >= 0.6 is 0 Å². The molecule has 0 bridgehead atoms. The number of rotatable bonds is 1. The molecule has 1 aromatic heterocycles. The zero-order chi connectivity index (χ0) is 10.1. The third-order valence-corrected chi connectivity index (χ3v) is 2.24. The van der Waals surface area contributed by atoms with E-state index in [1.54, 1.807) is 12.2 Å². The number of allylic oxidation sites excluding steroid dienone is 4. The Morgan fingerprint density at radius 1 is 1.50 bits per heavy atom. The Kier molecular flexibility index (Phi) is 2.05. The molecule has 1 aromatic rings. The van der Waals surface area contributed by atoms with E-state index in [1.807, 2.05) is 29.8 Å². The molecule has 4 heteroatoms. The molecule has 4 nitrogen and oxygen atoms in total. The monoisotopic (exact) mass is 191 g/mol. The van der Waals surface area contributed by atoms with Gasteiger partial charge in [-0.1, -0.05) is 18.2 Å². The van der Waals surface area contributed by atoms with Gasteiger partial charge in [-0.3, -0.25) is 9.78 Å². The molecular weight excluding hydrogens is 178 g/mol. The molecule has 1 unspecified atom stereocenters. The lowest BCUT2D eigenvalue weighted by Gasteiger charge is -2.19. The van der Waals surface area contributed by atoms with Crippen LogP contribution in [0.4, 0.5) is 5.82 Å². The van der Waals surface area contributed by atoms with E-state index in [9.17, 15) is 5.11 Å². The van der Waals surface area contributed by atoms with Crippen molar-refractivity contribution in [2.75, 3.05) is 5.73 Å². The molecule has 1 aliphatic carbocycles. The fourth-order valence-corrected chi connectivity index (χ4v) is 1.38. The van der Waals surface area contributed by atoms with E-state index in [4.69, 9.17) is 5.73 Å². The Balaban J connectivity index is 2.33. The van der Waals surface area contributed by atoms with E-state index in [2.05, 4.69) is 5.10 Å². The molecule has 1 atom stereocenters. The molecule has 0 fully saturated rings. The summed E-state index contributed by atoms with van der Waals surface area (Å²) in [5.74, 6) is 0.672. The first-order chi connectivity index (χ1) is 6.68. The molecule has 1 heterocycles. The Morgan fingerprint density at radius 2 is 2.29 bits per heavy atom. The van der Waals surface area contributed by atoms with Gasteiger partial charge in [0.25, 0.3) is 0 Å². The Hall–Kier alpha value is -1.68. The van der Waals surface area contributed by atoms with Crippen LogP contribution < -0.4 is 5.73 Å². The van der Waals surface area contributed by atoms with Crippen molar-refractivity contribution in [3.63, 3.8) is 0 Å². The quantitative estimate of drug-likeness (QED) is 0.620. The molecule has 0 amide bonds. The number of nitrogens with zero attached hydrogens (tertiary/aromatic N) is 1. The molecule has 2 rings (SSSR count). The van der Waals surface area contributed by atoms with Gasteiger partial charge in [0.2, 0.25) is 0 Å². The number of aliphatic hydroxyl groups excluding tert-OH is 1. The van der Waals surface area contributed by atoms with Crippen molar-refractivity contribution in [1.82, 2.24) is 9.78 Å². The minimum absolute atomic E-state index is 0.545. The first-order valence-electron chi connectivity index (χ1n) is 4.46. The number of nitrogens with two attached hydrogens (primary N) is 1. The van der Waals surface area contributed by atoms with E-state index in [-0.39, 0.29) is 0 Å². The molecule has 74 valence electrons. The molecule has 0 aliphatic heterocycles. The van der Waals surface area contributed by atoms with Gasteiger partial charge in [-0.05, 0) is 19.1 Å². The van der Waals surface area contributed by atoms with Gasteiger partial charge < -0.3 is 10.8 Å². The van der Waals surface area contributed by atoms with Crippen LogP contribution in [0.5, 0.6) is 0 Å². The normalized spacial score (nSPS) is 21.0. The maximum atomic E-state index is 9.48. The molecule has 1 aliphatic rings. The molecule has 0 radical (unpaired) electrons. The molecule has 0 saturated heterocycles. The van der Waals surface area contributed by atoms with Crippen molar-refractivity contribution in [3.05, 3.63) is 36.1 Å². The smallest absolute Gasteiger partial charge is 0.137 e. The number of aliphatic hydroxyl groups is 1. The first-order valence-corrected chi connectivity index (χ1v) is 4.46. The zero-order valence-corrected chi connectivity index (χ0v) is 7.94. The lowest BCUT2D eigenvalue weighted by molar-refractivity contribution is 0.272. The van der Waals surface area contributed by atoms with Crippen molar-refractivity contribution in [1.29, 1.82) is 0 Å². The van der Waals surface area contributed by atoms with Gasteiger partial charge in [0, 0.05) is 0 Å². The van der Waals surface area contributed by atoms with Crippen LogP contribution in [0.2, 0.25) is 0 Å². The number of hydrogen-bond acceptors (Lipinski definition) is 2. The number of aromatic nitrogens is 2. The lowest BCUT2D eigenvalue weighted by atomic mass is 10.2. The second-order valence-corrected chi connectivity index (χ2v) is 3.27. The number of hydrogen-bond donors (Lipinski definition) is 3. The molecule has 4 N–H and O–H groups in total. The Labute approximate surface area is 82.0 Å². The Bertz CT molecular complexity index is 420. The van der Waals surface area contributed by atoms with Gasteiger partial charge in [-0.2, -0.15) is 0 Å². The van der Waals surface area contributed by atoms with Crippen LogP contribution in [-0.4, -0.2) is 21.0 Å². The van der Waals surface area contributed by atoms with Crippen LogP contribution in [0.1, 0.15) is 5.69 Å². The highest BCUT2D eigenvalue weighted by atomic mass is 16.3. The summed E-state index contributed by atoms with van der Waals surface area (Å²) < 4.78 is 1.84. The molecular formula is C10H13N3O. The third kappa shape index (κ3) is 1.40. The van der Waals surface area contributed by atoms with Crippen molar-refractivity contribution >= 4 is 11.5 Å². The number of aromatic amines is 1. The number of H-pyrrole nitrogens is 1. The first kappa shape index (κ1) is 8.90. The number of nitrogen functional groups attached to an aromatic ring is 1. The number of anilines is 1. The number of nitrogens with one attached hydrogen (secondary N) is 1. The maximum Gasteiger partial charge on any atom is 0.137 e. The van der Waals surface area contributed by atoms with Crippen LogP contribution in [0.25, 0.3) is 5.70 Å². The van der Waals surface area contributed by atoms with Crippen LogP contribution in [0.15, 0.2) is 30.4 Å². The molecule has 0 spiro atoms. The van der Waals surface area contributed by atoms with E-state index in [0.717, 1.165) is 11.4 Å². The second kappa shape index (κ2) is 3.23. The van der Waals surface area contributed by atoms with Crippen molar-refractivity contribution in [3.8, 4) is 0 Å². The van der Waals surface area contributed by atoms with E-state index in [0.29, 0.717) is 5.82 Å². The van der Waals surface area contributed by atoms with Gasteiger partial charge in [0.15, 0.2) is 0 Å². The lowest BCUT2D eigenvalue weighted by Crippen LogP contribution is -2.17. The fourth-order valence-electron chi connectivity index (χ4n) is 1.38. The molecule has 0 saturated carbocycles. The van der Waals surface area contributed by atoms with Gasteiger partial charge in [0.05, 0.1) is 17.5 Å². The van der Waals surface area contributed by atoms with Gasteiger partial charge >= 0.3 is 0 Å². The molecule has 14 heavy (non-hydrogen) atoms. The van der Waals surface area contributed by atoms with Gasteiger partial charge in [-0.15, -0.1) is 0 Å². The largest absolute Gasteiger partial charge is 0.385 e. The summed E-state index contributed by atoms with van der Waals surface area (Å²) in [4.78, 5) is 0.